The fraction of sp³-hybridized carbons (Fsp3) is 0.412. The van der Waals surface area contributed by atoms with Crippen LogP contribution in [0.25, 0.3) is 5.69 Å². The molecule has 1 aliphatic heterocycles. The number of carbonyl (C=O) groups excluding carboxylic acids is 1. The Hall–Kier alpha value is -3.10. The zero-order chi connectivity index (χ0) is 18.9. The zero-order valence-electron chi connectivity index (χ0n) is 14.8. The highest BCUT2D eigenvalue weighted by atomic mass is 16.6. The third kappa shape index (κ3) is 3.07. The van der Waals surface area contributed by atoms with E-state index in [0.717, 1.165) is 0 Å². The summed E-state index contributed by atoms with van der Waals surface area (Å²) >= 11 is 0. The van der Waals surface area contributed by atoms with E-state index in [1.54, 1.807) is 32.0 Å². The first-order chi connectivity index (χ1) is 12.4. The molecule has 0 spiro atoms. The maximum absolute atomic E-state index is 12.5. The SMILES string of the molecule is CCC(C)(NC(=O)c1nnn(-c2ccc3c(c2)OCCO3)c1C)C(=O)O. The first-order valence-corrected chi connectivity index (χ1v) is 8.24. The number of rotatable bonds is 5. The molecule has 2 heterocycles. The number of amides is 1. The predicted octanol–water partition coefficient (Wildman–Crippen LogP) is 1.33. The number of carboxylic acids is 1. The molecule has 1 unspecified atom stereocenters. The Bertz CT molecular complexity index is 863. The number of nitrogens with one attached hydrogen (secondary N) is 1. The van der Waals surface area contributed by atoms with Gasteiger partial charge in [-0.2, -0.15) is 0 Å². The molecule has 1 atom stereocenters. The van der Waals surface area contributed by atoms with Crippen LogP contribution in [0.4, 0.5) is 0 Å². The van der Waals surface area contributed by atoms with Gasteiger partial charge in [0, 0.05) is 6.07 Å². The van der Waals surface area contributed by atoms with E-state index in [1.165, 1.54) is 11.6 Å². The average Bonchev–Trinajstić information content (AvgIpc) is 3.02. The fourth-order valence-electron chi connectivity index (χ4n) is 2.55. The highest BCUT2D eigenvalue weighted by molar-refractivity contribution is 5.97. The van der Waals surface area contributed by atoms with Crippen molar-refractivity contribution >= 4 is 11.9 Å². The van der Waals surface area contributed by atoms with Gasteiger partial charge in [-0.3, -0.25) is 4.79 Å². The van der Waals surface area contributed by atoms with Crippen LogP contribution >= 0.6 is 0 Å². The van der Waals surface area contributed by atoms with Gasteiger partial charge in [0.25, 0.3) is 5.91 Å². The van der Waals surface area contributed by atoms with E-state index < -0.39 is 17.4 Å². The number of ether oxygens (including phenoxy) is 2. The van der Waals surface area contributed by atoms with E-state index in [-0.39, 0.29) is 12.1 Å². The molecule has 26 heavy (non-hydrogen) atoms. The van der Waals surface area contributed by atoms with Crippen molar-refractivity contribution in [3.8, 4) is 17.2 Å². The lowest BCUT2D eigenvalue weighted by Crippen LogP contribution is -2.51. The van der Waals surface area contributed by atoms with Gasteiger partial charge >= 0.3 is 5.97 Å². The van der Waals surface area contributed by atoms with Crippen molar-refractivity contribution in [3.05, 3.63) is 29.6 Å². The van der Waals surface area contributed by atoms with Gasteiger partial charge in [-0.1, -0.05) is 12.1 Å². The van der Waals surface area contributed by atoms with Crippen LogP contribution in [-0.4, -0.2) is 50.7 Å². The summed E-state index contributed by atoms with van der Waals surface area (Å²) in [5.74, 6) is -0.446. The van der Waals surface area contributed by atoms with E-state index in [0.29, 0.717) is 36.1 Å². The average molecular weight is 360 g/mol. The second-order valence-electron chi connectivity index (χ2n) is 6.21. The molecule has 9 heteroatoms. The molecule has 0 saturated heterocycles. The molecule has 1 aliphatic rings. The molecule has 9 nitrogen and oxygen atoms in total. The van der Waals surface area contributed by atoms with Crippen molar-refractivity contribution in [2.24, 2.45) is 0 Å². The number of hydrogen-bond donors (Lipinski definition) is 2. The zero-order valence-corrected chi connectivity index (χ0v) is 14.8. The summed E-state index contributed by atoms with van der Waals surface area (Å²) in [5.41, 5.74) is -0.150. The molecule has 0 bridgehead atoms. The maximum Gasteiger partial charge on any atom is 0.329 e. The van der Waals surface area contributed by atoms with Gasteiger partial charge in [0.15, 0.2) is 17.2 Å². The highest BCUT2D eigenvalue weighted by Crippen LogP contribution is 2.32. The number of fused-ring (bicyclic) bond motifs is 1. The van der Waals surface area contributed by atoms with E-state index in [9.17, 15) is 14.7 Å². The molecular formula is C17H20N4O5. The van der Waals surface area contributed by atoms with Crippen LogP contribution in [0, 0.1) is 6.92 Å². The number of nitrogens with zero attached hydrogens (tertiary/aromatic N) is 3. The Labute approximate surface area is 149 Å². The van der Waals surface area contributed by atoms with Gasteiger partial charge < -0.3 is 19.9 Å². The Morgan fingerprint density at radius 1 is 1.31 bits per heavy atom. The van der Waals surface area contributed by atoms with Crippen molar-refractivity contribution < 1.29 is 24.2 Å². The maximum atomic E-state index is 12.5. The normalized spacial score (nSPS) is 15.2. The standard InChI is InChI=1S/C17H20N4O5/c1-4-17(3,16(23)24)18-15(22)14-10(2)21(20-19-14)11-5-6-12-13(9-11)26-8-7-25-12/h5-6,9H,4,7-8H2,1-3H3,(H,18,22)(H,23,24). The third-order valence-corrected chi connectivity index (χ3v) is 4.45. The minimum atomic E-state index is -1.37. The summed E-state index contributed by atoms with van der Waals surface area (Å²) in [5, 5.41) is 19.8. The molecular weight excluding hydrogens is 340 g/mol. The molecule has 1 aromatic heterocycles. The van der Waals surface area contributed by atoms with Crippen molar-refractivity contribution in [2.45, 2.75) is 32.7 Å². The van der Waals surface area contributed by atoms with Gasteiger partial charge in [-0.25, -0.2) is 9.48 Å². The van der Waals surface area contributed by atoms with Crippen LogP contribution in [0.3, 0.4) is 0 Å². The summed E-state index contributed by atoms with van der Waals surface area (Å²) in [4.78, 5) is 23.9. The minimum Gasteiger partial charge on any atom is -0.486 e. The van der Waals surface area contributed by atoms with Crippen molar-refractivity contribution in [2.75, 3.05) is 13.2 Å². The molecule has 3 rings (SSSR count). The number of aromatic nitrogens is 3. The topological polar surface area (TPSA) is 116 Å². The molecule has 2 aromatic rings. The third-order valence-electron chi connectivity index (χ3n) is 4.45. The van der Waals surface area contributed by atoms with Crippen LogP contribution in [0.15, 0.2) is 18.2 Å². The van der Waals surface area contributed by atoms with E-state index in [2.05, 4.69) is 15.6 Å². The van der Waals surface area contributed by atoms with Crippen molar-refractivity contribution in [1.29, 1.82) is 0 Å². The summed E-state index contributed by atoms with van der Waals surface area (Å²) < 4.78 is 12.5. The molecule has 0 aliphatic carbocycles. The second-order valence-corrected chi connectivity index (χ2v) is 6.21. The van der Waals surface area contributed by atoms with Gasteiger partial charge in [0.05, 0.1) is 11.4 Å². The number of carbonyl (C=O) groups is 2. The van der Waals surface area contributed by atoms with E-state index in [1.807, 2.05) is 0 Å². The monoisotopic (exact) mass is 360 g/mol. The lowest BCUT2D eigenvalue weighted by atomic mass is 9.99. The highest BCUT2D eigenvalue weighted by Gasteiger charge is 2.34. The van der Waals surface area contributed by atoms with Gasteiger partial charge in [-0.15, -0.1) is 5.10 Å². The van der Waals surface area contributed by atoms with Crippen LogP contribution in [-0.2, 0) is 4.79 Å². The number of hydrogen-bond acceptors (Lipinski definition) is 6. The Morgan fingerprint density at radius 2 is 2.00 bits per heavy atom. The minimum absolute atomic E-state index is 0.0702. The van der Waals surface area contributed by atoms with Crippen LogP contribution in [0.1, 0.15) is 36.5 Å². The van der Waals surface area contributed by atoms with E-state index in [4.69, 9.17) is 9.47 Å². The van der Waals surface area contributed by atoms with Gasteiger partial charge in [0.2, 0.25) is 0 Å². The molecule has 0 fully saturated rings. The molecule has 138 valence electrons. The van der Waals surface area contributed by atoms with E-state index >= 15 is 0 Å². The summed E-state index contributed by atoms with van der Waals surface area (Å²) in [6.07, 6.45) is 0.240. The summed E-state index contributed by atoms with van der Waals surface area (Å²) in [6.45, 7) is 5.79. The second kappa shape index (κ2) is 6.66. The fourth-order valence-corrected chi connectivity index (χ4v) is 2.55. The molecule has 1 amide bonds. The first-order valence-electron chi connectivity index (χ1n) is 8.24. The predicted molar refractivity (Wildman–Crippen MR) is 90.9 cm³/mol. The number of carboxylic acid groups (broad SMARTS) is 1. The lowest BCUT2D eigenvalue weighted by molar-refractivity contribution is -0.143. The lowest BCUT2D eigenvalue weighted by Gasteiger charge is -2.24. The quantitative estimate of drug-likeness (QED) is 0.826. The van der Waals surface area contributed by atoms with Crippen LogP contribution < -0.4 is 14.8 Å². The molecule has 2 N–H and O–H groups in total. The van der Waals surface area contributed by atoms with Crippen LogP contribution in [0.2, 0.25) is 0 Å². The van der Waals surface area contributed by atoms with Crippen LogP contribution in [0.5, 0.6) is 11.5 Å². The first kappa shape index (κ1) is 17.7. The number of aliphatic carboxylic acids is 1. The summed E-state index contributed by atoms with van der Waals surface area (Å²) in [7, 11) is 0. The smallest absolute Gasteiger partial charge is 0.329 e. The molecule has 1 aromatic carbocycles. The Morgan fingerprint density at radius 3 is 2.65 bits per heavy atom. The Balaban J connectivity index is 1.88. The van der Waals surface area contributed by atoms with Crippen molar-refractivity contribution in [3.63, 3.8) is 0 Å². The van der Waals surface area contributed by atoms with Gasteiger partial charge in [-0.05, 0) is 32.4 Å². The largest absolute Gasteiger partial charge is 0.486 e. The van der Waals surface area contributed by atoms with Crippen molar-refractivity contribution in [1.82, 2.24) is 20.3 Å². The number of benzene rings is 1. The van der Waals surface area contributed by atoms with Gasteiger partial charge in [0.1, 0.15) is 18.8 Å². The summed E-state index contributed by atoms with van der Waals surface area (Å²) in [6, 6.07) is 5.30. The molecule has 0 saturated carbocycles. The Kier molecular flexibility index (Phi) is 4.54. The molecule has 0 radical (unpaired) electrons.